The summed E-state index contributed by atoms with van der Waals surface area (Å²) in [6, 6.07) is -1.18. The smallest absolute Gasteiger partial charge is 0.249 e. The van der Waals surface area contributed by atoms with Crippen LogP contribution in [0.2, 0.25) is 0 Å². The summed E-state index contributed by atoms with van der Waals surface area (Å²) in [6.45, 7) is 3.51. The zero-order chi connectivity index (χ0) is 61.7. The highest BCUT2D eigenvalue weighted by Crippen LogP contribution is 2.24. The quantitative estimate of drug-likeness (QED) is 0.0215. The maximum Gasteiger partial charge on any atom is 0.249 e. The van der Waals surface area contributed by atoms with Gasteiger partial charge in [-0.3, -0.25) is 4.79 Å². The van der Waals surface area contributed by atoms with Crippen molar-refractivity contribution in [2.24, 2.45) is 0 Å². The molecule has 0 saturated carbocycles. The fraction of sp³-hybridized carbons (Fsp3) is 0.932. The fourth-order valence-corrected chi connectivity index (χ4v) is 12.3. The average Bonchev–Trinajstić information content (AvgIpc) is 3.71. The Kier molecular flexibility index (Phi) is 60.3. The van der Waals surface area contributed by atoms with E-state index in [-0.39, 0.29) is 12.8 Å². The summed E-state index contributed by atoms with van der Waals surface area (Å²) >= 11 is 0. The minimum absolute atomic E-state index is 0.258. The second-order valence-corrected chi connectivity index (χ2v) is 26.4. The Labute approximate surface area is 524 Å². The molecule has 0 radical (unpaired) electrons. The van der Waals surface area contributed by atoms with Crippen molar-refractivity contribution in [1.29, 1.82) is 0 Å². The third-order valence-electron chi connectivity index (χ3n) is 18.2. The molecule has 85 heavy (non-hydrogen) atoms. The van der Waals surface area contributed by atoms with Gasteiger partial charge in [0, 0.05) is 0 Å². The molecule has 8 N–H and O–H groups in total. The summed E-state index contributed by atoms with van der Waals surface area (Å²) < 4.78 is 11.2. The van der Waals surface area contributed by atoms with E-state index in [0.717, 1.165) is 38.5 Å². The molecule has 11 nitrogen and oxygen atoms in total. The van der Waals surface area contributed by atoms with Gasteiger partial charge in [-0.25, -0.2) is 0 Å². The fourth-order valence-electron chi connectivity index (χ4n) is 12.3. The number of hydrogen-bond donors (Lipinski definition) is 8. The molecule has 0 aliphatic carbocycles. The Morgan fingerprint density at radius 2 is 0.694 bits per heavy atom. The van der Waals surface area contributed by atoms with Crippen LogP contribution in [0.4, 0.5) is 0 Å². The van der Waals surface area contributed by atoms with Crippen LogP contribution < -0.4 is 5.32 Å². The van der Waals surface area contributed by atoms with E-state index < -0.39 is 74.2 Å². The van der Waals surface area contributed by atoms with Crippen LogP contribution in [0.1, 0.15) is 373 Å². The van der Waals surface area contributed by atoms with Crippen molar-refractivity contribution >= 4 is 5.91 Å². The second-order valence-electron chi connectivity index (χ2n) is 26.4. The number of hydrogen-bond acceptors (Lipinski definition) is 10. The first kappa shape index (κ1) is 81.6. The summed E-state index contributed by atoms with van der Waals surface area (Å²) in [5.41, 5.74) is 0. The molecule has 1 saturated heterocycles. The lowest BCUT2D eigenvalue weighted by molar-refractivity contribution is -0.303. The monoisotopic (exact) mass is 1210 g/mol. The van der Waals surface area contributed by atoms with Crippen molar-refractivity contribution in [3.05, 3.63) is 24.3 Å². The molecule has 9 unspecified atom stereocenters. The van der Waals surface area contributed by atoms with E-state index in [0.29, 0.717) is 12.8 Å². The Balaban J connectivity index is 2.15. The number of carbonyl (C=O) groups excluding carboxylic acids is 1. The van der Waals surface area contributed by atoms with Crippen molar-refractivity contribution in [3.63, 3.8) is 0 Å². The van der Waals surface area contributed by atoms with Crippen molar-refractivity contribution in [2.45, 2.75) is 428 Å². The Morgan fingerprint density at radius 1 is 0.400 bits per heavy atom. The number of amides is 1. The molecule has 0 bridgehead atoms. The molecular formula is C74H143NO10. The van der Waals surface area contributed by atoms with E-state index >= 15 is 0 Å². The third-order valence-corrected chi connectivity index (χ3v) is 18.2. The molecule has 0 aromatic carbocycles. The molecule has 1 amide bonds. The topological polar surface area (TPSA) is 189 Å². The lowest BCUT2D eigenvalue weighted by atomic mass is 9.98. The maximum atomic E-state index is 13.3. The van der Waals surface area contributed by atoms with E-state index in [9.17, 15) is 40.5 Å². The molecule has 1 rings (SSSR count). The normalized spacial score (nSPS) is 18.9. The number of aliphatic hydroxyl groups is 7. The second kappa shape index (κ2) is 62.8. The molecular weight excluding hydrogens is 1060 g/mol. The van der Waals surface area contributed by atoms with Gasteiger partial charge in [-0.1, -0.05) is 334 Å². The van der Waals surface area contributed by atoms with Crippen molar-refractivity contribution in [2.75, 3.05) is 13.2 Å². The Hall–Kier alpha value is -1.41. The first-order chi connectivity index (χ1) is 41.7. The number of aliphatic hydroxyl groups excluding tert-OH is 7. The standard InChI is InChI=1S/C74H143NO10/c1-3-5-7-9-11-13-15-17-19-21-23-25-27-28-29-30-31-32-33-34-35-36-37-38-39-40-42-44-46-48-50-52-54-56-58-60-62-67(78)73(83)75-65(64-84-74-72(82)71(81)70(80)68(63-76)85-74)69(79)66(77)61-59-57-55-53-51-49-47-45-43-41-26-24-22-20-18-16-14-12-10-8-6-4-2/h32-33,53,55,65-72,74,76-82H,3-31,34-52,54,56-64H2,1-2H3,(H,75,83)/b33-32-,55-53+. The minimum Gasteiger partial charge on any atom is -0.394 e. The van der Waals surface area contributed by atoms with Crippen LogP contribution in [-0.2, 0) is 14.3 Å². The summed E-state index contributed by atoms with van der Waals surface area (Å²) in [7, 11) is 0. The summed E-state index contributed by atoms with van der Waals surface area (Å²) in [6.07, 6.45) is 68.6. The highest BCUT2D eigenvalue weighted by Gasteiger charge is 2.44. The van der Waals surface area contributed by atoms with Gasteiger partial charge in [0.1, 0.15) is 36.6 Å². The maximum absolute atomic E-state index is 13.3. The average molecular weight is 1210 g/mol. The van der Waals surface area contributed by atoms with Gasteiger partial charge < -0.3 is 50.5 Å². The molecule has 9 atom stereocenters. The van der Waals surface area contributed by atoms with Crippen LogP contribution in [0.3, 0.4) is 0 Å². The van der Waals surface area contributed by atoms with Crippen LogP contribution in [0.15, 0.2) is 24.3 Å². The van der Waals surface area contributed by atoms with Gasteiger partial charge in [0.05, 0.1) is 25.4 Å². The lowest BCUT2D eigenvalue weighted by Crippen LogP contribution is -2.60. The van der Waals surface area contributed by atoms with Crippen molar-refractivity contribution in [3.8, 4) is 0 Å². The van der Waals surface area contributed by atoms with Crippen molar-refractivity contribution < 1.29 is 50.0 Å². The van der Waals surface area contributed by atoms with E-state index in [4.69, 9.17) is 9.47 Å². The number of carbonyl (C=O) groups is 1. The molecule has 504 valence electrons. The van der Waals surface area contributed by atoms with Crippen LogP contribution in [0, 0.1) is 0 Å². The van der Waals surface area contributed by atoms with Gasteiger partial charge in [0.15, 0.2) is 6.29 Å². The summed E-state index contributed by atoms with van der Waals surface area (Å²) in [5.74, 6) is -0.699. The zero-order valence-electron chi connectivity index (χ0n) is 55.9. The lowest BCUT2D eigenvalue weighted by Gasteiger charge is -2.40. The van der Waals surface area contributed by atoms with E-state index in [1.807, 2.05) is 0 Å². The molecule has 11 heteroatoms. The van der Waals surface area contributed by atoms with E-state index in [1.165, 1.54) is 295 Å². The SMILES string of the molecule is CCCCCCCCCCCCCCCCCC/C=C\CCCCCCCCCCCCCCCCCCC(O)C(=O)NC(COC1OC(CO)C(O)C(O)C1O)C(O)C(O)CCC/C=C/CCCCCCCCCCCCCCCCCCC. The number of unbranched alkanes of at least 4 members (excludes halogenated alkanes) is 50. The van der Waals surface area contributed by atoms with Gasteiger partial charge in [0.25, 0.3) is 0 Å². The predicted octanol–water partition coefficient (Wildman–Crippen LogP) is 18.4. The van der Waals surface area contributed by atoms with Gasteiger partial charge in [-0.2, -0.15) is 0 Å². The highest BCUT2D eigenvalue weighted by atomic mass is 16.7. The molecule has 0 aromatic rings. The molecule has 1 aliphatic rings. The van der Waals surface area contributed by atoms with Gasteiger partial charge in [-0.15, -0.1) is 0 Å². The number of allylic oxidation sites excluding steroid dienone is 4. The highest BCUT2D eigenvalue weighted by molar-refractivity contribution is 5.80. The third kappa shape index (κ3) is 50.0. The predicted molar refractivity (Wildman–Crippen MR) is 358 cm³/mol. The first-order valence-electron chi connectivity index (χ1n) is 37.2. The van der Waals surface area contributed by atoms with Crippen LogP contribution in [0.25, 0.3) is 0 Å². The number of rotatable bonds is 66. The van der Waals surface area contributed by atoms with Crippen molar-refractivity contribution in [1.82, 2.24) is 5.32 Å². The van der Waals surface area contributed by atoms with Crippen LogP contribution >= 0.6 is 0 Å². The zero-order valence-corrected chi connectivity index (χ0v) is 55.9. The molecule has 1 aliphatic heterocycles. The number of ether oxygens (including phenoxy) is 2. The first-order valence-corrected chi connectivity index (χ1v) is 37.2. The Morgan fingerprint density at radius 3 is 1.01 bits per heavy atom. The molecule has 1 fully saturated rings. The van der Waals surface area contributed by atoms with Gasteiger partial charge in [-0.05, 0) is 64.2 Å². The molecule has 0 spiro atoms. The minimum atomic E-state index is -1.67. The number of nitrogens with one attached hydrogen (secondary N) is 1. The molecule has 0 aromatic heterocycles. The van der Waals surface area contributed by atoms with Crippen LogP contribution in [-0.4, -0.2) is 110 Å². The Bertz CT molecular complexity index is 1430. The molecule has 1 heterocycles. The largest absolute Gasteiger partial charge is 0.394 e. The summed E-state index contributed by atoms with van der Waals surface area (Å²) in [5, 5.41) is 76.5. The van der Waals surface area contributed by atoms with E-state index in [2.05, 4.69) is 43.5 Å². The van der Waals surface area contributed by atoms with Gasteiger partial charge in [0.2, 0.25) is 5.91 Å². The van der Waals surface area contributed by atoms with E-state index in [1.54, 1.807) is 0 Å². The van der Waals surface area contributed by atoms with Crippen LogP contribution in [0.5, 0.6) is 0 Å². The van der Waals surface area contributed by atoms with Gasteiger partial charge >= 0.3 is 0 Å². The summed E-state index contributed by atoms with van der Waals surface area (Å²) in [4.78, 5) is 13.3.